The number of rotatable bonds is 10. The van der Waals surface area contributed by atoms with E-state index < -0.39 is 45.8 Å². The van der Waals surface area contributed by atoms with E-state index >= 15 is 0 Å². The number of carbonyl (C=O) groups excluding carboxylic acids is 2. The first-order chi connectivity index (χ1) is 19.5. The lowest BCUT2D eigenvalue weighted by Crippen LogP contribution is -2.39. The summed E-state index contributed by atoms with van der Waals surface area (Å²) in [6.45, 7) is 5.84. The van der Waals surface area contributed by atoms with Crippen LogP contribution in [0.3, 0.4) is 0 Å². The van der Waals surface area contributed by atoms with Crippen LogP contribution in [0.1, 0.15) is 37.5 Å². The molecule has 1 N–H and O–H groups in total. The first-order valence-corrected chi connectivity index (χ1v) is 14.0. The van der Waals surface area contributed by atoms with Gasteiger partial charge in [-0.25, -0.2) is 18.6 Å². The van der Waals surface area contributed by atoms with Gasteiger partial charge in [-0.1, -0.05) is 23.8 Å². The van der Waals surface area contributed by atoms with Gasteiger partial charge in [0.2, 0.25) is 0 Å². The summed E-state index contributed by atoms with van der Waals surface area (Å²) in [4.78, 5) is 24.3. The number of nitrogens with zero attached hydrogens (tertiary/aromatic N) is 2. The maximum Gasteiger partial charge on any atom is 0.416 e. The molecule has 0 saturated heterocycles. The van der Waals surface area contributed by atoms with Crippen molar-refractivity contribution in [2.45, 2.75) is 44.4 Å². The highest BCUT2D eigenvalue weighted by molar-refractivity contribution is 7.92. The van der Waals surface area contributed by atoms with Gasteiger partial charge in [0.1, 0.15) is 17.9 Å². The molecule has 3 aromatic carbocycles. The zero-order valence-corrected chi connectivity index (χ0v) is 24.1. The van der Waals surface area contributed by atoms with E-state index in [1.807, 2.05) is 0 Å². The molecule has 1 amide bonds. The average molecular weight is 606 g/mol. The van der Waals surface area contributed by atoms with Gasteiger partial charge in [0.05, 0.1) is 22.4 Å². The Bertz CT molecular complexity index is 1530. The van der Waals surface area contributed by atoms with Gasteiger partial charge in [0.15, 0.2) is 6.61 Å². The molecule has 0 unspecified atom stereocenters. The number of benzene rings is 3. The molecule has 0 heterocycles. The van der Waals surface area contributed by atoms with Crippen LogP contribution >= 0.6 is 0 Å². The normalized spacial score (nSPS) is 12.2. The summed E-state index contributed by atoms with van der Waals surface area (Å²) in [5.74, 6) is -1.03. The fourth-order valence-corrected chi connectivity index (χ4v) is 4.91. The molecule has 0 radical (unpaired) electrons. The minimum atomic E-state index is -4.72. The Morgan fingerprint density at radius 3 is 2.21 bits per heavy atom. The Morgan fingerprint density at radius 1 is 0.976 bits per heavy atom. The SMILES string of the molecule is Cc1ccc(S(=O)(=O)N(CC(=O)N/N=C/c2ccc(OCC(=O)OC(C)(C)C)cc2)c2cccc(C(F)(F)F)c2)cc1. The third-order valence-corrected chi connectivity index (χ3v) is 7.21. The van der Waals surface area contributed by atoms with Gasteiger partial charge in [-0.05, 0) is 87.9 Å². The van der Waals surface area contributed by atoms with Crippen molar-refractivity contribution >= 4 is 33.8 Å². The zero-order chi connectivity index (χ0) is 31.1. The van der Waals surface area contributed by atoms with Gasteiger partial charge in [-0.2, -0.15) is 18.3 Å². The van der Waals surface area contributed by atoms with E-state index in [2.05, 4.69) is 10.5 Å². The number of amides is 1. The van der Waals surface area contributed by atoms with Crippen LogP contribution < -0.4 is 14.5 Å². The van der Waals surface area contributed by atoms with Crippen LogP contribution in [0.4, 0.5) is 18.9 Å². The number of ether oxygens (including phenoxy) is 2. The first kappa shape index (κ1) is 32.1. The Balaban J connectivity index is 1.72. The average Bonchev–Trinajstić information content (AvgIpc) is 2.90. The van der Waals surface area contributed by atoms with Crippen LogP contribution in [-0.4, -0.2) is 45.3 Å². The fraction of sp³-hybridized carbons (Fsp3) is 0.276. The lowest BCUT2D eigenvalue weighted by molar-refractivity contribution is -0.157. The number of hydrogen-bond donors (Lipinski definition) is 1. The number of hydrogen-bond acceptors (Lipinski definition) is 7. The van der Waals surface area contributed by atoms with Crippen molar-refractivity contribution in [3.05, 3.63) is 89.5 Å². The molecule has 0 saturated carbocycles. The van der Waals surface area contributed by atoms with Crippen molar-refractivity contribution in [3.63, 3.8) is 0 Å². The molecule has 0 aromatic heterocycles. The molecule has 224 valence electrons. The number of sulfonamides is 1. The predicted molar refractivity (Wildman–Crippen MR) is 151 cm³/mol. The van der Waals surface area contributed by atoms with E-state index in [4.69, 9.17) is 9.47 Å². The summed E-state index contributed by atoms with van der Waals surface area (Å²) in [7, 11) is -4.43. The van der Waals surface area contributed by atoms with Crippen LogP contribution in [0.2, 0.25) is 0 Å². The number of halogens is 3. The quantitative estimate of drug-likeness (QED) is 0.196. The monoisotopic (exact) mass is 605 g/mol. The molecule has 0 aliphatic carbocycles. The Kier molecular flexibility index (Phi) is 9.99. The summed E-state index contributed by atoms with van der Waals surface area (Å²) in [6, 6.07) is 15.7. The molecule has 0 spiro atoms. The third-order valence-electron chi connectivity index (χ3n) is 5.42. The molecule has 0 aliphatic rings. The molecule has 9 nitrogen and oxygen atoms in total. The van der Waals surface area contributed by atoms with E-state index in [-0.39, 0.29) is 17.2 Å². The second kappa shape index (κ2) is 13.1. The molecular formula is C29H30F3N3O6S. The van der Waals surface area contributed by atoms with Crippen molar-refractivity contribution in [2.75, 3.05) is 17.5 Å². The number of nitrogens with one attached hydrogen (secondary N) is 1. The standard InChI is InChI=1S/C29H30F3N3O6S/c1-20-8-14-25(15-9-20)42(38,39)35(23-7-5-6-22(16-23)29(30,31)32)18-26(36)34-33-17-21-10-12-24(13-11-21)40-19-27(37)41-28(2,3)4/h5-17H,18-19H2,1-4H3,(H,34,36)/b33-17+. The molecule has 42 heavy (non-hydrogen) atoms. The van der Waals surface area contributed by atoms with Crippen molar-refractivity contribution in [3.8, 4) is 5.75 Å². The first-order valence-electron chi connectivity index (χ1n) is 12.6. The van der Waals surface area contributed by atoms with E-state index in [0.29, 0.717) is 21.7 Å². The number of hydrazone groups is 1. The topological polar surface area (TPSA) is 114 Å². The van der Waals surface area contributed by atoms with E-state index in [1.54, 1.807) is 52.0 Å². The largest absolute Gasteiger partial charge is 0.482 e. The van der Waals surface area contributed by atoms with Gasteiger partial charge in [-0.15, -0.1) is 0 Å². The fourth-order valence-electron chi connectivity index (χ4n) is 3.50. The summed E-state index contributed by atoms with van der Waals surface area (Å²) in [5, 5.41) is 3.81. The highest BCUT2D eigenvalue weighted by Crippen LogP contribution is 2.33. The summed E-state index contributed by atoms with van der Waals surface area (Å²) < 4.78 is 78.0. The minimum Gasteiger partial charge on any atom is -0.482 e. The van der Waals surface area contributed by atoms with E-state index in [9.17, 15) is 31.2 Å². The Morgan fingerprint density at radius 2 is 1.62 bits per heavy atom. The van der Waals surface area contributed by atoms with E-state index in [1.165, 1.54) is 36.5 Å². The summed E-state index contributed by atoms with van der Waals surface area (Å²) in [6.07, 6.45) is -3.45. The van der Waals surface area contributed by atoms with E-state index in [0.717, 1.165) is 17.7 Å². The molecule has 3 aromatic rings. The minimum absolute atomic E-state index is 0.198. The van der Waals surface area contributed by atoms with Crippen molar-refractivity contribution in [1.29, 1.82) is 0 Å². The van der Waals surface area contributed by atoms with Gasteiger partial charge < -0.3 is 9.47 Å². The van der Waals surface area contributed by atoms with Crippen LogP contribution in [-0.2, 0) is 30.5 Å². The molecule has 0 bridgehead atoms. The Labute approximate surface area is 242 Å². The maximum atomic E-state index is 13.4. The summed E-state index contributed by atoms with van der Waals surface area (Å²) >= 11 is 0. The van der Waals surface area contributed by atoms with Crippen molar-refractivity contribution in [2.24, 2.45) is 5.10 Å². The van der Waals surface area contributed by atoms with Crippen LogP contribution in [0.25, 0.3) is 0 Å². The highest BCUT2D eigenvalue weighted by atomic mass is 32.2. The third kappa shape index (κ3) is 9.33. The zero-order valence-electron chi connectivity index (χ0n) is 23.3. The molecule has 3 rings (SSSR count). The second-order valence-electron chi connectivity index (χ2n) is 10.1. The smallest absolute Gasteiger partial charge is 0.416 e. The van der Waals surface area contributed by atoms with Gasteiger partial charge in [0.25, 0.3) is 15.9 Å². The number of alkyl halides is 3. The second-order valence-corrected chi connectivity index (χ2v) is 12.0. The lowest BCUT2D eigenvalue weighted by Gasteiger charge is -2.24. The number of carbonyl (C=O) groups is 2. The molecular weight excluding hydrogens is 575 g/mol. The molecule has 0 atom stereocenters. The van der Waals surface area contributed by atoms with Crippen LogP contribution in [0, 0.1) is 6.92 Å². The lowest BCUT2D eigenvalue weighted by atomic mass is 10.2. The van der Waals surface area contributed by atoms with Crippen molar-refractivity contribution < 1.29 is 40.7 Å². The maximum absolute atomic E-state index is 13.4. The van der Waals surface area contributed by atoms with Gasteiger partial charge in [-0.3, -0.25) is 9.10 Å². The molecule has 0 aliphatic heterocycles. The number of esters is 1. The van der Waals surface area contributed by atoms with Crippen LogP contribution in [0.15, 0.2) is 82.8 Å². The highest BCUT2D eigenvalue weighted by Gasteiger charge is 2.33. The Hall–Kier alpha value is -4.39. The molecule has 0 fully saturated rings. The predicted octanol–water partition coefficient (Wildman–Crippen LogP) is 5.08. The van der Waals surface area contributed by atoms with Crippen molar-refractivity contribution in [1.82, 2.24) is 5.43 Å². The number of aryl methyl sites for hydroxylation is 1. The van der Waals surface area contributed by atoms with Crippen LogP contribution in [0.5, 0.6) is 5.75 Å². The summed E-state index contributed by atoms with van der Waals surface area (Å²) in [5.41, 5.74) is 1.45. The number of anilines is 1. The van der Waals surface area contributed by atoms with Gasteiger partial charge >= 0.3 is 12.1 Å². The molecule has 13 heteroatoms. The van der Waals surface area contributed by atoms with Gasteiger partial charge in [0, 0.05) is 0 Å².